The molecule has 4 nitrogen and oxygen atoms in total. The molecule has 0 aliphatic carbocycles. The highest BCUT2D eigenvalue weighted by atomic mass is 35.5. The molecule has 0 atom stereocenters. The maximum atomic E-state index is 6.27. The summed E-state index contributed by atoms with van der Waals surface area (Å²) < 4.78 is 0. The van der Waals surface area contributed by atoms with E-state index in [1.165, 1.54) is 5.56 Å². The van der Waals surface area contributed by atoms with Gasteiger partial charge in [0.25, 0.3) is 0 Å². The smallest absolute Gasteiger partial charge is 0.225 e. The summed E-state index contributed by atoms with van der Waals surface area (Å²) in [6.45, 7) is 1.30. The highest BCUT2D eigenvalue weighted by Crippen LogP contribution is 2.24. The predicted octanol–water partition coefficient (Wildman–Crippen LogP) is 6.20. The van der Waals surface area contributed by atoms with E-state index in [4.69, 9.17) is 28.2 Å². The number of hydrogen-bond acceptors (Lipinski definition) is 4. The number of rotatable bonds is 7. The third-order valence-corrected chi connectivity index (χ3v) is 5.19. The molecule has 0 amide bonds. The quantitative estimate of drug-likeness (QED) is 0.371. The summed E-state index contributed by atoms with van der Waals surface area (Å²) >= 11 is 12.2. The molecule has 0 unspecified atom stereocenters. The molecule has 0 saturated carbocycles. The molecule has 4 rings (SSSR count). The lowest BCUT2D eigenvalue weighted by atomic mass is 10.1. The summed E-state index contributed by atoms with van der Waals surface area (Å²) in [6, 6.07) is 23.8. The van der Waals surface area contributed by atoms with Crippen LogP contribution >= 0.6 is 23.2 Å². The molecule has 0 spiro atoms. The predicted molar refractivity (Wildman–Crippen MR) is 122 cm³/mol. The Morgan fingerprint density at radius 1 is 0.793 bits per heavy atom. The van der Waals surface area contributed by atoms with E-state index in [2.05, 4.69) is 39.9 Å². The van der Waals surface area contributed by atoms with E-state index >= 15 is 0 Å². The lowest BCUT2D eigenvalue weighted by Gasteiger charge is -2.12. The normalized spacial score (nSPS) is 10.8. The van der Waals surface area contributed by atoms with Crippen LogP contribution in [0.25, 0.3) is 10.9 Å². The minimum atomic E-state index is 0.512. The topological polar surface area (TPSA) is 49.8 Å². The summed E-state index contributed by atoms with van der Waals surface area (Å²) in [7, 11) is 0. The highest BCUT2D eigenvalue weighted by Gasteiger charge is 2.08. The Balaban J connectivity index is 1.52. The second-order valence-electron chi connectivity index (χ2n) is 6.66. The van der Waals surface area contributed by atoms with Gasteiger partial charge in [0.05, 0.1) is 5.52 Å². The first-order valence-corrected chi connectivity index (χ1v) is 10.2. The van der Waals surface area contributed by atoms with E-state index in [1.54, 1.807) is 6.07 Å². The van der Waals surface area contributed by atoms with E-state index in [-0.39, 0.29) is 0 Å². The first kappa shape index (κ1) is 19.5. The van der Waals surface area contributed by atoms with Gasteiger partial charge in [-0.3, -0.25) is 0 Å². The van der Waals surface area contributed by atoms with Crippen molar-refractivity contribution < 1.29 is 0 Å². The minimum absolute atomic E-state index is 0.512. The molecule has 29 heavy (non-hydrogen) atoms. The van der Waals surface area contributed by atoms with Gasteiger partial charge in [-0.05, 0) is 41.8 Å². The van der Waals surface area contributed by atoms with E-state index in [9.17, 15) is 0 Å². The van der Waals surface area contributed by atoms with Crippen molar-refractivity contribution in [2.45, 2.75) is 13.0 Å². The van der Waals surface area contributed by atoms with Gasteiger partial charge in [-0.25, -0.2) is 4.98 Å². The molecule has 0 saturated heterocycles. The second-order valence-corrected chi connectivity index (χ2v) is 7.51. The van der Waals surface area contributed by atoms with Crippen LogP contribution in [0.5, 0.6) is 0 Å². The standard InChI is InChI=1S/C23H20Cl2N4/c24-18-11-10-17(20(25)14-18)15-27-23-28-21-9-5-4-8-19(21)22(29-23)26-13-12-16-6-2-1-3-7-16/h1-11,14H,12-13,15H2,(H2,26,27,28,29). The number of nitrogens with zero attached hydrogens (tertiary/aromatic N) is 2. The van der Waals surface area contributed by atoms with Crippen LogP contribution in [0.1, 0.15) is 11.1 Å². The fraction of sp³-hybridized carbons (Fsp3) is 0.130. The Bertz CT molecular complexity index is 1120. The van der Waals surface area contributed by atoms with Crippen molar-refractivity contribution in [2.24, 2.45) is 0 Å². The summed E-state index contributed by atoms with van der Waals surface area (Å²) in [5.74, 6) is 1.37. The first-order valence-electron chi connectivity index (χ1n) is 9.41. The van der Waals surface area contributed by atoms with Crippen LogP contribution < -0.4 is 10.6 Å². The molecule has 2 N–H and O–H groups in total. The van der Waals surface area contributed by atoms with E-state index in [0.717, 1.165) is 35.2 Å². The van der Waals surface area contributed by atoms with Gasteiger partial charge in [0.2, 0.25) is 5.95 Å². The lowest BCUT2D eigenvalue weighted by molar-refractivity contribution is 1.00. The molecule has 0 radical (unpaired) electrons. The summed E-state index contributed by atoms with van der Waals surface area (Å²) in [6.07, 6.45) is 0.919. The SMILES string of the molecule is Clc1ccc(CNc2nc(NCCc3ccccc3)c3ccccc3n2)c(Cl)c1. The Kier molecular flexibility index (Phi) is 6.13. The Morgan fingerprint density at radius 3 is 2.41 bits per heavy atom. The van der Waals surface area contributed by atoms with E-state index < -0.39 is 0 Å². The Hall–Kier alpha value is -2.82. The van der Waals surface area contributed by atoms with Crippen molar-refractivity contribution in [3.8, 4) is 0 Å². The number of hydrogen-bond donors (Lipinski definition) is 2. The lowest BCUT2D eigenvalue weighted by Crippen LogP contribution is -2.10. The maximum absolute atomic E-state index is 6.27. The largest absolute Gasteiger partial charge is 0.369 e. The van der Waals surface area contributed by atoms with Crippen LogP contribution in [0.15, 0.2) is 72.8 Å². The monoisotopic (exact) mass is 422 g/mol. The number of halogens is 2. The third kappa shape index (κ3) is 4.97. The van der Waals surface area contributed by atoms with Crippen molar-refractivity contribution in [1.29, 1.82) is 0 Å². The molecule has 6 heteroatoms. The fourth-order valence-corrected chi connectivity index (χ4v) is 3.57. The van der Waals surface area contributed by atoms with Crippen molar-refractivity contribution in [3.63, 3.8) is 0 Å². The summed E-state index contributed by atoms with van der Waals surface area (Å²) in [4.78, 5) is 9.32. The van der Waals surface area contributed by atoms with Gasteiger partial charge in [0.15, 0.2) is 0 Å². The molecule has 4 aromatic rings. The number of fused-ring (bicyclic) bond motifs is 1. The molecular formula is C23H20Cl2N4. The van der Waals surface area contributed by atoms with Gasteiger partial charge in [0, 0.05) is 28.5 Å². The van der Waals surface area contributed by atoms with Crippen molar-refractivity contribution in [3.05, 3.63) is 94.0 Å². The third-order valence-electron chi connectivity index (χ3n) is 4.60. The van der Waals surface area contributed by atoms with E-state index in [1.807, 2.05) is 42.5 Å². The van der Waals surface area contributed by atoms with Gasteiger partial charge in [0.1, 0.15) is 5.82 Å². The van der Waals surface area contributed by atoms with Gasteiger partial charge in [-0.1, -0.05) is 71.7 Å². The second kappa shape index (κ2) is 9.12. The Labute approximate surface area is 179 Å². The van der Waals surface area contributed by atoms with Gasteiger partial charge >= 0.3 is 0 Å². The number of nitrogens with one attached hydrogen (secondary N) is 2. The first-order chi connectivity index (χ1) is 14.2. The van der Waals surface area contributed by atoms with Gasteiger partial charge in [-0.15, -0.1) is 0 Å². The fourth-order valence-electron chi connectivity index (χ4n) is 3.10. The molecule has 1 heterocycles. The van der Waals surface area contributed by atoms with Crippen LogP contribution in [0.4, 0.5) is 11.8 Å². The summed E-state index contributed by atoms with van der Waals surface area (Å²) in [5.41, 5.74) is 3.11. The molecule has 3 aromatic carbocycles. The Morgan fingerprint density at radius 2 is 1.59 bits per heavy atom. The highest BCUT2D eigenvalue weighted by molar-refractivity contribution is 6.35. The zero-order valence-corrected chi connectivity index (χ0v) is 17.2. The van der Waals surface area contributed by atoms with Gasteiger partial charge < -0.3 is 10.6 Å². The zero-order valence-electron chi connectivity index (χ0n) is 15.7. The van der Waals surface area contributed by atoms with Crippen LogP contribution in [0, 0.1) is 0 Å². The molecule has 0 aliphatic rings. The average molecular weight is 423 g/mol. The number of anilines is 2. The molecule has 1 aromatic heterocycles. The van der Waals surface area contributed by atoms with Crippen LogP contribution in [0.2, 0.25) is 10.0 Å². The van der Waals surface area contributed by atoms with Crippen LogP contribution in [-0.4, -0.2) is 16.5 Å². The number of benzene rings is 3. The molecular weight excluding hydrogens is 403 g/mol. The molecule has 0 bridgehead atoms. The minimum Gasteiger partial charge on any atom is -0.369 e. The van der Waals surface area contributed by atoms with E-state index in [0.29, 0.717) is 22.5 Å². The molecule has 0 aliphatic heterocycles. The molecule has 0 fully saturated rings. The number of para-hydroxylation sites is 1. The van der Waals surface area contributed by atoms with Crippen molar-refractivity contribution in [2.75, 3.05) is 17.2 Å². The maximum Gasteiger partial charge on any atom is 0.225 e. The van der Waals surface area contributed by atoms with Gasteiger partial charge in [-0.2, -0.15) is 4.98 Å². The van der Waals surface area contributed by atoms with Crippen molar-refractivity contribution in [1.82, 2.24) is 9.97 Å². The molecule has 146 valence electrons. The number of aromatic nitrogens is 2. The zero-order chi connectivity index (χ0) is 20.1. The average Bonchev–Trinajstić information content (AvgIpc) is 2.74. The van der Waals surface area contributed by atoms with Crippen LogP contribution in [-0.2, 0) is 13.0 Å². The van der Waals surface area contributed by atoms with Crippen LogP contribution in [0.3, 0.4) is 0 Å². The van der Waals surface area contributed by atoms with Crippen molar-refractivity contribution >= 4 is 45.9 Å². The summed E-state index contributed by atoms with van der Waals surface area (Å²) in [5, 5.41) is 8.96.